The fraction of sp³-hybridized carbons (Fsp3) is 1.00. The Hall–Kier alpha value is -0.160. The van der Waals surface area contributed by atoms with Crippen LogP contribution in [-0.4, -0.2) is 74.5 Å². The predicted octanol–water partition coefficient (Wildman–Crippen LogP) is 0.964. The molecule has 0 amide bonds. The SMILES string of the molecule is C1CCN(CCN2CCOC[C@]23CCOC3)CC1. The van der Waals surface area contributed by atoms with Crippen LogP contribution in [0.25, 0.3) is 0 Å². The Balaban J connectivity index is 1.53. The molecule has 0 radical (unpaired) electrons. The molecule has 3 heterocycles. The lowest BCUT2D eigenvalue weighted by Crippen LogP contribution is -2.59. The zero-order chi connectivity index (χ0) is 12.3. The smallest absolute Gasteiger partial charge is 0.0701 e. The van der Waals surface area contributed by atoms with E-state index in [2.05, 4.69) is 9.80 Å². The van der Waals surface area contributed by atoms with Gasteiger partial charge in [0.25, 0.3) is 0 Å². The maximum atomic E-state index is 5.69. The van der Waals surface area contributed by atoms with Crippen LogP contribution in [0.15, 0.2) is 0 Å². The first-order chi connectivity index (χ1) is 8.89. The van der Waals surface area contributed by atoms with E-state index in [1.807, 2.05) is 0 Å². The number of nitrogens with zero attached hydrogens (tertiary/aromatic N) is 2. The molecule has 3 aliphatic heterocycles. The molecule has 0 bridgehead atoms. The monoisotopic (exact) mass is 254 g/mol. The lowest BCUT2D eigenvalue weighted by atomic mass is 9.96. The van der Waals surface area contributed by atoms with Crippen LogP contribution in [0.3, 0.4) is 0 Å². The maximum absolute atomic E-state index is 5.69. The summed E-state index contributed by atoms with van der Waals surface area (Å²) >= 11 is 0. The number of likely N-dealkylation sites (tertiary alicyclic amines) is 1. The van der Waals surface area contributed by atoms with Gasteiger partial charge in [-0.15, -0.1) is 0 Å². The molecule has 4 nitrogen and oxygen atoms in total. The van der Waals surface area contributed by atoms with Gasteiger partial charge < -0.3 is 14.4 Å². The van der Waals surface area contributed by atoms with Crippen LogP contribution in [0.1, 0.15) is 25.7 Å². The zero-order valence-electron chi connectivity index (χ0n) is 11.4. The Kier molecular flexibility index (Phi) is 4.19. The number of ether oxygens (including phenoxy) is 2. The normalized spacial score (nSPS) is 35.3. The molecule has 0 aliphatic carbocycles. The lowest BCUT2D eigenvalue weighted by molar-refractivity contribution is -0.0733. The average molecular weight is 254 g/mol. The number of morpholine rings is 1. The standard InChI is InChI=1S/C14H26N2O2/c1-2-5-15(6-3-1)7-8-16-9-11-18-13-14(16)4-10-17-12-14/h1-13H2/t14-/m1/s1. The van der Waals surface area contributed by atoms with Crippen molar-refractivity contribution < 1.29 is 9.47 Å². The first-order valence-electron chi connectivity index (χ1n) is 7.52. The molecule has 0 unspecified atom stereocenters. The molecular formula is C14H26N2O2. The van der Waals surface area contributed by atoms with Gasteiger partial charge in [0.2, 0.25) is 0 Å². The van der Waals surface area contributed by atoms with Crippen molar-refractivity contribution in [1.29, 1.82) is 0 Å². The number of rotatable bonds is 3. The van der Waals surface area contributed by atoms with Gasteiger partial charge >= 0.3 is 0 Å². The summed E-state index contributed by atoms with van der Waals surface area (Å²) in [5.74, 6) is 0. The van der Waals surface area contributed by atoms with Crippen molar-refractivity contribution in [3.63, 3.8) is 0 Å². The van der Waals surface area contributed by atoms with Gasteiger partial charge in [-0.2, -0.15) is 0 Å². The van der Waals surface area contributed by atoms with Crippen molar-refractivity contribution in [3.05, 3.63) is 0 Å². The Morgan fingerprint density at radius 3 is 2.39 bits per heavy atom. The first-order valence-corrected chi connectivity index (χ1v) is 7.52. The third-order valence-electron chi connectivity index (χ3n) is 4.76. The van der Waals surface area contributed by atoms with Crippen LogP contribution in [0, 0.1) is 0 Å². The largest absolute Gasteiger partial charge is 0.379 e. The van der Waals surface area contributed by atoms with Crippen LogP contribution >= 0.6 is 0 Å². The van der Waals surface area contributed by atoms with Crippen LogP contribution < -0.4 is 0 Å². The average Bonchev–Trinajstić information content (AvgIpc) is 2.88. The molecule has 3 saturated heterocycles. The second kappa shape index (κ2) is 5.87. The molecule has 0 saturated carbocycles. The van der Waals surface area contributed by atoms with E-state index in [-0.39, 0.29) is 5.54 Å². The molecule has 1 atom stereocenters. The molecule has 0 aromatic carbocycles. The fourth-order valence-corrected chi connectivity index (χ4v) is 3.52. The fourth-order valence-electron chi connectivity index (χ4n) is 3.52. The van der Waals surface area contributed by atoms with Crippen molar-refractivity contribution in [1.82, 2.24) is 9.80 Å². The summed E-state index contributed by atoms with van der Waals surface area (Å²) in [6.45, 7) is 9.62. The van der Waals surface area contributed by atoms with Crippen LogP contribution in [0.2, 0.25) is 0 Å². The van der Waals surface area contributed by atoms with Gasteiger partial charge in [0.15, 0.2) is 0 Å². The van der Waals surface area contributed by atoms with E-state index in [0.717, 1.165) is 39.4 Å². The van der Waals surface area contributed by atoms with E-state index in [9.17, 15) is 0 Å². The van der Waals surface area contributed by atoms with E-state index >= 15 is 0 Å². The predicted molar refractivity (Wildman–Crippen MR) is 70.9 cm³/mol. The second-order valence-electron chi connectivity index (χ2n) is 5.97. The summed E-state index contributed by atoms with van der Waals surface area (Å²) in [7, 11) is 0. The molecule has 1 spiro atoms. The third-order valence-corrected chi connectivity index (χ3v) is 4.76. The number of hydrogen-bond donors (Lipinski definition) is 0. The van der Waals surface area contributed by atoms with Crippen molar-refractivity contribution in [2.45, 2.75) is 31.2 Å². The summed E-state index contributed by atoms with van der Waals surface area (Å²) < 4.78 is 11.3. The Labute approximate surface area is 110 Å². The lowest BCUT2D eigenvalue weighted by Gasteiger charge is -2.44. The molecule has 104 valence electrons. The number of hydrogen-bond acceptors (Lipinski definition) is 4. The summed E-state index contributed by atoms with van der Waals surface area (Å²) in [6, 6.07) is 0. The highest BCUT2D eigenvalue weighted by Crippen LogP contribution is 2.29. The Bertz CT molecular complexity index is 261. The molecule has 0 aromatic heterocycles. The zero-order valence-corrected chi connectivity index (χ0v) is 11.4. The first kappa shape index (κ1) is 12.9. The minimum Gasteiger partial charge on any atom is -0.379 e. The van der Waals surface area contributed by atoms with Crippen molar-refractivity contribution in [2.24, 2.45) is 0 Å². The maximum Gasteiger partial charge on any atom is 0.0701 e. The molecule has 3 fully saturated rings. The summed E-state index contributed by atoms with van der Waals surface area (Å²) in [5, 5.41) is 0. The van der Waals surface area contributed by atoms with E-state index in [1.165, 1.54) is 45.4 Å². The molecule has 4 heteroatoms. The highest BCUT2D eigenvalue weighted by molar-refractivity contribution is 4.96. The van der Waals surface area contributed by atoms with E-state index in [4.69, 9.17) is 9.47 Å². The van der Waals surface area contributed by atoms with E-state index in [1.54, 1.807) is 0 Å². The minimum atomic E-state index is 0.202. The topological polar surface area (TPSA) is 24.9 Å². The second-order valence-corrected chi connectivity index (χ2v) is 5.97. The highest BCUT2D eigenvalue weighted by Gasteiger charge is 2.42. The van der Waals surface area contributed by atoms with Gasteiger partial charge in [0.05, 0.1) is 25.4 Å². The van der Waals surface area contributed by atoms with Gasteiger partial charge in [0.1, 0.15) is 0 Å². The summed E-state index contributed by atoms with van der Waals surface area (Å²) in [5.41, 5.74) is 0.202. The molecular weight excluding hydrogens is 228 g/mol. The molecule has 0 aromatic rings. The van der Waals surface area contributed by atoms with E-state index < -0.39 is 0 Å². The Morgan fingerprint density at radius 2 is 1.61 bits per heavy atom. The van der Waals surface area contributed by atoms with E-state index in [0.29, 0.717) is 0 Å². The van der Waals surface area contributed by atoms with Crippen LogP contribution in [-0.2, 0) is 9.47 Å². The van der Waals surface area contributed by atoms with Gasteiger partial charge in [0, 0.05) is 26.2 Å². The minimum absolute atomic E-state index is 0.202. The van der Waals surface area contributed by atoms with Gasteiger partial charge in [-0.3, -0.25) is 4.90 Å². The van der Waals surface area contributed by atoms with Crippen LogP contribution in [0.5, 0.6) is 0 Å². The molecule has 0 N–H and O–H groups in total. The number of piperidine rings is 1. The molecule has 3 aliphatic rings. The van der Waals surface area contributed by atoms with Crippen molar-refractivity contribution >= 4 is 0 Å². The summed E-state index contributed by atoms with van der Waals surface area (Å²) in [6.07, 6.45) is 5.34. The summed E-state index contributed by atoms with van der Waals surface area (Å²) in [4.78, 5) is 5.26. The molecule has 18 heavy (non-hydrogen) atoms. The highest BCUT2D eigenvalue weighted by atomic mass is 16.5. The van der Waals surface area contributed by atoms with Gasteiger partial charge in [-0.1, -0.05) is 6.42 Å². The van der Waals surface area contributed by atoms with Crippen LogP contribution in [0.4, 0.5) is 0 Å². The Morgan fingerprint density at radius 1 is 0.833 bits per heavy atom. The van der Waals surface area contributed by atoms with Crippen molar-refractivity contribution in [2.75, 3.05) is 59.2 Å². The van der Waals surface area contributed by atoms with Crippen molar-refractivity contribution in [3.8, 4) is 0 Å². The quantitative estimate of drug-likeness (QED) is 0.749. The molecule has 3 rings (SSSR count). The van der Waals surface area contributed by atoms with Gasteiger partial charge in [-0.05, 0) is 32.4 Å². The van der Waals surface area contributed by atoms with Gasteiger partial charge in [-0.25, -0.2) is 0 Å². The third kappa shape index (κ3) is 2.72.